The maximum atomic E-state index is 7.03. The summed E-state index contributed by atoms with van der Waals surface area (Å²) in [6.45, 7) is 5.07. The van der Waals surface area contributed by atoms with Crippen LogP contribution in [0.2, 0.25) is 0 Å². The van der Waals surface area contributed by atoms with E-state index >= 15 is 0 Å². The second-order valence-electron chi connectivity index (χ2n) is 24.9. The van der Waals surface area contributed by atoms with Crippen molar-refractivity contribution >= 4 is 143 Å². The van der Waals surface area contributed by atoms with Crippen LogP contribution >= 0.6 is 0 Å². The molecule has 410 valence electrons. The number of hydrogen-bond donors (Lipinski definition) is 0. The normalized spacial score (nSPS) is 16.2. The summed E-state index contributed by atoms with van der Waals surface area (Å²) in [5.41, 5.74) is 18.7. The molecule has 0 aliphatic heterocycles. The van der Waals surface area contributed by atoms with Crippen molar-refractivity contribution < 1.29 is 8.83 Å². The first-order chi connectivity index (χ1) is 43.4. The van der Waals surface area contributed by atoms with Crippen molar-refractivity contribution in [2.45, 2.75) is 24.7 Å². The van der Waals surface area contributed by atoms with Crippen LogP contribution in [-0.4, -0.2) is 0 Å². The second kappa shape index (κ2) is 17.2. The molecule has 0 bridgehead atoms. The average Bonchev–Trinajstić information content (AvgIpc) is 1.50. The Labute approximate surface area is 506 Å². The van der Waals surface area contributed by atoms with Crippen molar-refractivity contribution in [2.24, 2.45) is 0 Å². The van der Waals surface area contributed by atoms with Crippen LogP contribution in [0.4, 0.5) is 34.1 Å². The number of para-hydroxylation sites is 4. The molecule has 16 aromatic carbocycles. The van der Waals surface area contributed by atoms with E-state index in [2.05, 4.69) is 303 Å². The van der Waals surface area contributed by atoms with Crippen molar-refractivity contribution in [1.29, 1.82) is 0 Å². The third kappa shape index (κ3) is 6.13. The summed E-state index contributed by atoms with van der Waals surface area (Å²) in [5.74, 6) is 0. The average molecular weight is 1120 g/mol. The summed E-state index contributed by atoms with van der Waals surface area (Å²) in [6.07, 6.45) is 0. The van der Waals surface area contributed by atoms with Gasteiger partial charge in [0.15, 0.2) is 11.2 Å². The smallest absolute Gasteiger partial charge is 0.159 e. The van der Waals surface area contributed by atoms with Gasteiger partial charge < -0.3 is 18.6 Å². The highest BCUT2D eigenvalue weighted by Crippen LogP contribution is 2.66. The van der Waals surface area contributed by atoms with Gasteiger partial charge in [-0.25, -0.2) is 0 Å². The van der Waals surface area contributed by atoms with Crippen molar-refractivity contribution in [3.63, 3.8) is 0 Å². The molecule has 2 heterocycles. The molecule has 2 aromatic heterocycles. The number of hydrogen-bond acceptors (Lipinski definition) is 4. The minimum Gasteiger partial charge on any atom is -0.454 e. The van der Waals surface area contributed by atoms with E-state index in [1.54, 1.807) is 0 Å². The molecular formula is C84H52N2O2. The molecule has 2 unspecified atom stereocenters. The zero-order valence-electron chi connectivity index (χ0n) is 48.3. The van der Waals surface area contributed by atoms with Crippen molar-refractivity contribution in [1.82, 2.24) is 0 Å². The second-order valence-corrected chi connectivity index (χ2v) is 24.9. The zero-order chi connectivity index (χ0) is 57.7. The van der Waals surface area contributed by atoms with Gasteiger partial charge in [-0.15, -0.1) is 0 Å². The fourth-order valence-corrected chi connectivity index (χ4v) is 16.8. The molecule has 0 saturated carbocycles. The third-order valence-corrected chi connectivity index (χ3v) is 20.9. The van der Waals surface area contributed by atoms with Crippen LogP contribution in [0, 0.1) is 0 Å². The lowest BCUT2D eigenvalue weighted by atomic mass is 9.56. The van der Waals surface area contributed by atoms with E-state index in [9.17, 15) is 0 Å². The van der Waals surface area contributed by atoms with Crippen molar-refractivity contribution in [3.05, 3.63) is 301 Å². The number of anilines is 6. The number of furan rings is 2. The van der Waals surface area contributed by atoms with Gasteiger partial charge >= 0.3 is 0 Å². The van der Waals surface area contributed by atoms with Crippen LogP contribution in [0.5, 0.6) is 0 Å². The fraction of sp³-hybridized carbons (Fsp3) is 0.0476. The van der Waals surface area contributed by atoms with Crippen LogP contribution in [0.3, 0.4) is 0 Å². The molecular weight excluding hydrogens is 1070 g/mol. The fourth-order valence-electron chi connectivity index (χ4n) is 16.8. The summed E-state index contributed by atoms with van der Waals surface area (Å²) in [5, 5.41) is 19.3. The van der Waals surface area contributed by atoms with Crippen molar-refractivity contribution in [3.8, 4) is 22.3 Å². The molecule has 0 amide bonds. The minimum absolute atomic E-state index is 0.620. The van der Waals surface area contributed by atoms with Crippen LogP contribution in [0.1, 0.15) is 36.1 Å². The first-order valence-corrected chi connectivity index (χ1v) is 30.6. The lowest BCUT2D eigenvalue weighted by Crippen LogP contribution is -2.44. The van der Waals surface area contributed by atoms with Gasteiger partial charge in [0, 0.05) is 54.5 Å². The Morgan fingerprint density at radius 2 is 0.602 bits per heavy atom. The summed E-state index contributed by atoms with van der Waals surface area (Å²) in [7, 11) is 0. The number of fused-ring (bicyclic) bond motifs is 12. The summed E-state index contributed by atoms with van der Waals surface area (Å²) < 4.78 is 14.1. The maximum absolute atomic E-state index is 7.03. The molecule has 0 radical (unpaired) electrons. The Morgan fingerprint density at radius 1 is 0.250 bits per heavy atom. The SMILES string of the molecule is CC1(C2(C)c3ccccc3-c3ccc(N(c4ccc5ccc6cccc7ccc4c5c67)c4cccc5c4oc4ccccc45)cc32)c2ccccc2-c2ccc(N(c3ccc4ccc5cccc6ccc3c4c56)c3cccc4c3oc3ccccc34)cc21. The topological polar surface area (TPSA) is 32.8 Å². The molecule has 20 rings (SSSR count). The third-order valence-electron chi connectivity index (χ3n) is 20.9. The van der Waals surface area contributed by atoms with Gasteiger partial charge in [-0.1, -0.05) is 232 Å². The van der Waals surface area contributed by atoms with Gasteiger partial charge in [0.25, 0.3) is 0 Å². The standard InChI is InChI=1S/C84H52N2O2/c1-83(67-25-7-3-19-57(67)59-43-39-55(47-69(59)83)85(73-27-13-23-63-61-21-5-9-29-75(61)87-81(63)73)71-45-37-53-33-31-49-15-11-17-51-35-41-65(71)79(53)77(49)51)84(2)68-26-8-4-20-58(68)60-44-40-56(48-70(60)84)86(74-28-14-24-64-62-22-6-10-30-76(62)88-82(64)74)72-46-38-54-34-32-50-16-12-18-52-36-42-66(72)80(54)78(50)52/h3-48H,1-2H3. The highest BCUT2D eigenvalue weighted by atomic mass is 16.3. The van der Waals surface area contributed by atoms with E-state index < -0.39 is 10.8 Å². The van der Waals surface area contributed by atoms with E-state index in [0.29, 0.717) is 0 Å². The molecule has 2 atom stereocenters. The molecule has 0 saturated heterocycles. The summed E-state index contributed by atoms with van der Waals surface area (Å²) in [4.78, 5) is 4.98. The molecule has 88 heavy (non-hydrogen) atoms. The van der Waals surface area contributed by atoms with Crippen LogP contribution < -0.4 is 9.80 Å². The Kier molecular flexibility index (Phi) is 9.42. The highest BCUT2D eigenvalue weighted by molar-refractivity contribution is 6.28. The largest absolute Gasteiger partial charge is 0.454 e. The van der Waals surface area contributed by atoms with Gasteiger partial charge in [0.05, 0.1) is 22.7 Å². The number of benzene rings is 16. The maximum Gasteiger partial charge on any atom is 0.159 e. The summed E-state index contributed by atoms with van der Waals surface area (Å²) in [6, 6.07) is 104. The summed E-state index contributed by atoms with van der Waals surface area (Å²) >= 11 is 0. The Bertz CT molecular complexity index is 5620. The quantitative estimate of drug-likeness (QED) is 0.149. The van der Waals surface area contributed by atoms with Crippen LogP contribution in [0.25, 0.3) is 131 Å². The monoisotopic (exact) mass is 1120 g/mol. The minimum atomic E-state index is -0.620. The predicted molar refractivity (Wildman–Crippen MR) is 368 cm³/mol. The van der Waals surface area contributed by atoms with Crippen LogP contribution in [0.15, 0.2) is 288 Å². The van der Waals surface area contributed by atoms with E-state index in [-0.39, 0.29) is 0 Å². The van der Waals surface area contributed by atoms with E-state index in [1.165, 1.54) is 109 Å². The lowest BCUT2D eigenvalue weighted by Gasteiger charge is -2.45. The van der Waals surface area contributed by atoms with Gasteiger partial charge in [-0.2, -0.15) is 0 Å². The van der Waals surface area contributed by atoms with Gasteiger partial charge in [-0.05, 0) is 159 Å². The molecule has 2 aliphatic rings. The van der Waals surface area contributed by atoms with E-state index in [1.807, 2.05) is 0 Å². The van der Waals surface area contributed by atoms with Crippen molar-refractivity contribution in [2.75, 3.05) is 9.80 Å². The Morgan fingerprint density at radius 3 is 1.06 bits per heavy atom. The van der Waals surface area contributed by atoms with Gasteiger partial charge in [0.1, 0.15) is 11.2 Å². The van der Waals surface area contributed by atoms with E-state index in [4.69, 9.17) is 8.83 Å². The lowest BCUT2D eigenvalue weighted by molar-refractivity contribution is 0.376. The predicted octanol–water partition coefficient (Wildman–Crippen LogP) is 23.5. The molecule has 0 fully saturated rings. The Hall–Kier alpha value is -11.2. The number of rotatable bonds is 7. The molecule has 18 aromatic rings. The van der Waals surface area contributed by atoms with E-state index in [0.717, 1.165) is 78.0 Å². The Balaban J connectivity index is 0.846. The first-order valence-electron chi connectivity index (χ1n) is 30.6. The van der Waals surface area contributed by atoms with Gasteiger partial charge in [-0.3, -0.25) is 0 Å². The molecule has 4 heteroatoms. The molecule has 0 spiro atoms. The molecule has 0 N–H and O–H groups in total. The molecule has 2 aliphatic carbocycles. The number of nitrogens with zero attached hydrogens (tertiary/aromatic N) is 2. The highest BCUT2D eigenvalue weighted by Gasteiger charge is 2.58. The van der Waals surface area contributed by atoms with Gasteiger partial charge in [0.2, 0.25) is 0 Å². The van der Waals surface area contributed by atoms with Crippen LogP contribution in [-0.2, 0) is 10.8 Å². The zero-order valence-corrected chi connectivity index (χ0v) is 48.3. The molecule has 4 nitrogen and oxygen atoms in total. The first kappa shape index (κ1) is 48.1.